The van der Waals surface area contributed by atoms with Gasteiger partial charge < -0.3 is 24.8 Å². The first-order valence-electron chi connectivity index (χ1n) is 5.90. The average molecular weight is 377 g/mol. The summed E-state index contributed by atoms with van der Waals surface area (Å²) in [5, 5.41) is 0. The third-order valence-electron chi connectivity index (χ3n) is 2.87. The zero-order valence-electron chi connectivity index (χ0n) is 10.8. The molecule has 0 aromatic heterocycles. The van der Waals surface area contributed by atoms with Crippen molar-refractivity contribution in [2.24, 2.45) is 0 Å². The van der Waals surface area contributed by atoms with Crippen LogP contribution in [0.25, 0.3) is 0 Å². The molecule has 18 heavy (non-hydrogen) atoms. The molecule has 0 N–H and O–H groups in total. The van der Waals surface area contributed by atoms with Crippen molar-refractivity contribution in [2.45, 2.75) is 25.8 Å². The Balaban J connectivity index is 0.00000144. The summed E-state index contributed by atoms with van der Waals surface area (Å²) in [6.07, 6.45) is 15.2. The monoisotopic (exact) mass is 374 g/mol. The summed E-state index contributed by atoms with van der Waals surface area (Å²) < 4.78 is 3.55. The van der Waals surface area contributed by atoms with Crippen LogP contribution < -0.4 is 24.8 Å². The van der Waals surface area contributed by atoms with E-state index in [4.69, 9.17) is 0 Å². The Labute approximate surface area is 137 Å². The molecular weight excluding hydrogens is 358 g/mol. The normalized spacial score (nSPS) is 20.0. The Hall–Kier alpha value is 0.380. The van der Waals surface area contributed by atoms with E-state index in [0.29, 0.717) is 0 Å². The maximum absolute atomic E-state index is 2.51. The molecule has 4 heteroatoms. The van der Waals surface area contributed by atoms with Gasteiger partial charge in [-0.1, -0.05) is 0 Å². The van der Waals surface area contributed by atoms with E-state index in [9.17, 15) is 0 Å². The van der Waals surface area contributed by atoms with Crippen LogP contribution in [0.3, 0.4) is 0 Å². The molecule has 1 unspecified atom stereocenters. The summed E-state index contributed by atoms with van der Waals surface area (Å²) in [7, 11) is -0.0673. The number of hydrogen-bond donors (Lipinski definition) is 0. The second kappa shape index (κ2) is 9.31. The van der Waals surface area contributed by atoms with Crippen LogP contribution >= 0.6 is 0 Å². The molecule has 0 spiro atoms. The summed E-state index contributed by atoms with van der Waals surface area (Å²) in [6, 6.07) is 0. The molecule has 0 nitrogen and oxygen atoms in total. The van der Waals surface area contributed by atoms with E-state index >= 15 is 0 Å². The van der Waals surface area contributed by atoms with Crippen molar-refractivity contribution in [3.8, 4) is 0 Å². The smallest absolute Gasteiger partial charge is 1.00 e. The Bertz CT molecular complexity index is 416. The van der Waals surface area contributed by atoms with Crippen molar-refractivity contribution < 1.29 is 48.0 Å². The molecule has 0 aromatic rings. The number of rotatable bonds is 4. The van der Waals surface area contributed by atoms with Crippen molar-refractivity contribution in [1.82, 2.24) is 0 Å². The summed E-state index contributed by atoms with van der Waals surface area (Å²) in [4.78, 5) is 0. The predicted molar refractivity (Wildman–Crippen MR) is 70.8 cm³/mol. The van der Waals surface area contributed by atoms with Crippen LogP contribution in [-0.4, -0.2) is 9.52 Å². The van der Waals surface area contributed by atoms with Crippen LogP contribution in [0.1, 0.15) is 20.3 Å². The van der Waals surface area contributed by atoms with Gasteiger partial charge in [0.05, 0.1) is 0 Å². The predicted octanol–water partition coefficient (Wildman–Crippen LogP) is -2.74. The molecule has 0 amide bonds. The van der Waals surface area contributed by atoms with Gasteiger partial charge in [-0.15, -0.1) is 0 Å². The zero-order valence-corrected chi connectivity index (χ0v) is 16.2. The third-order valence-corrected chi connectivity index (χ3v) is 9.88. The van der Waals surface area contributed by atoms with Gasteiger partial charge in [-0.2, -0.15) is 0 Å². The molecule has 0 radical (unpaired) electrons. The van der Waals surface area contributed by atoms with Crippen LogP contribution in [-0.2, 0) is 23.2 Å². The Morgan fingerprint density at radius 2 is 2.06 bits per heavy atom. The van der Waals surface area contributed by atoms with E-state index in [0.717, 1.165) is 5.54 Å². The third kappa shape index (κ3) is 5.57. The molecule has 0 fully saturated rings. The van der Waals surface area contributed by atoms with E-state index in [1.807, 2.05) is 3.28 Å². The molecule has 1 atom stereocenters. The average Bonchev–Trinajstić information content (AvgIpc) is 2.87. The second-order valence-corrected chi connectivity index (χ2v) is 9.95. The first kappa shape index (κ1) is 18.4. The molecule has 0 saturated heterocycles. The van der Waals surface area contributed by atoms with Gasteiger partial charge in [0.1, 0.15) is 0 Å². The van der Waals surface area contributed by atoms with Crippen molar-refractivity contribution in [3.63, 3.8) is 0 Å². The van der Waals surface area contributed by atoms with Crippen molar-refractivity contribution >= 4 is 9.52 Å². The van der Waals surface area contributed by atoms with Crippen LogP contribution in [0.15, 0.2) is 54.3 Å². The second-order valence-electron chi connectivity index (χ2n) is 4.58. The summed E-state index contributed by atoms with van der Waals surface area (Å²) in [5.74, 6) is 0. The first-order chi connectivity index (χ1) is 7.75. The van der Waals surface area contributed by atoms with Gasteiger partial charge in [-0.05, 0) is 0 Å². The quantitative estimate of drug-likeness (QED) is 0.467. The maximum Gasteiger partial charge on any atom is -1.00 e. The fraction of sp³-hybridized carbons (Fsp3) is 0.286. The minimum absolute atomic E-state index is 0. The first-order valence-corrected chi connectivity index (χ1v) is 9.99. The van der Waals surface area contributed by atoms with Crippen LogP contribution in [0, 0.1) is 0 Å². The van der Waals surface area contributed by atoms with E-state index in [1.54, 1.807) is 3.28 Å². The van der Waals surface area contributed by atoms with Crippen molar-refractivity contribution in [2.75, 3.05) is 0 Å². The Morgan fingerprint density at radius 1 is 1.28 bits per heavy atom. The van der Waals surface area contributed by atoms with Gasteiger partial charge in [-0.25, -0.2) is 0 Å². The molecule has 2 aliphatic carbocycles. The molecule has 0 saturated carbocycles. The number of hydrogen-bond acceptors (Lipinski definition) is 0. The SMILES string of the molecule is CC(C)=C[SiH2]C1C=CC=[C]1[Zr+2][C]1=CC=CC1.[Cl-].[Cl-]. The molecule has 0 aliphatic heterocycles. The molecular formula is C14H18Cl2SiZr. The minimum Gasteiger partial charge on any atom is -1.00 e. The molecule has 2 rings (SSSR count). The minimum atomic E-state index is -0.420. The van der Waals surface area contributed by atoms with Crippen molar-refractivity contribution in [1.29, 1.82) is 0 Å². The van der Waals surface area contributed by atoms with Gasteiger partial charge >= 0.3 is 113 Å². The molecule has 0 aromatic carbocycles. The summed E-state index contributed by atoms with van der Waals surface area (Å²) in [6.45, 7) is 4.44. The van der Waals surface area contributed by atoms with Gasteiger partial charge in [0.25, 0.3) is 0 Å². The van der Waals surface area contributed by atoms with Gasteiger partial charge in [0.15, 0.2) is 0 Å². The van der Waals surface area contributed by atoms with E-state index in [2.05, 4.69) is 56.0 Å². The standard InChI is InChI=1S/C9H13Si.C5H5.2ClH.Zr/c1-8(2)7-10-9-5-3-4-6-9;1-2-4-5-3-1;;;/h3-5,7,9H,10H2,1-2H3;1-3H,4H2;2*1H;/q;;;;+2/p-2. The fourth-order valence-electron chi connectivity index (χ4n) is 1.95. The largest absolute Gasteiger partial charge is 1.00 e. The zero-order chi connectivity index (χ0) is 11.4. The van der Waals surface area contributed by atoms with Crippen LogP contribution in [0.2, 0.25) is 5.54 Å². The van der Waals surface area contributed by atoms with E-state index in [-0.39, 0.29) is 34.3 Å². The maximum atomic E-state index is 2.51. The molecule has 96 valence electrons. The van der Waals surface area contributed by atoms with Crippen molar-refractivity contribution in [3.05, 3.63) is 54.3 Å². The molecule has 0 heterocycles. The van der Waals surface area contributed by atoms with Crippen LogP contribution in [0.5, 0.6) is 0 Å². The Kier molecular flexibility index (Phi) is 9.51. The van der Waals surface area contributed by atoms with Gasteiger partial charge in [-0.3, -0.25) is 0 Å². The number of allylic oxidation sites excluding steroid dienone is 9. The summed E-state index contributed by atoms with van der Waals surface area (Å²) in [5.41, 5.74) is 4.86. The summed E-state index contributed by atoms with van der Waals surface area (Å²) >= 11 is -0.420. The van der Waals surface area contributed by atoms with E-state index < -0.39 is 23.2 Å². The molecule has 0 bridgehead atoms. The van der Waals surface area contributed by atoms with Gasteiger partial charge in [0, 0.05) is 0 Å². The fourth-order valence-corrected chi connectivity index (χ4v) is 7.88. The van der Waals surface area contributed by atoms with Gasteiger partial charge in [0.2, 0.25) is 0 Å². The van der Waals surface area contributed by atoms with E-state index in [1.165, 1.54) is 12.0 Å². The number of halogens is 2. The topological polar surface area (TPSA) is 0 Å². The molecule has 2 aliphatic rings. The Morgan fingerprint density at radius 3 is 2.67 bits per heavy atom. The van der Waals surface area contributed by atoms with Crippen LogP contribution in [0.4, 0.5) is 0 Å².